The summed E-state index contributed by atoms with van der Waals surface area (Å²) in [6.07, 6.45) is 0. The molecule has 17 heavy (non-hydrogen) atoms. The summed E-state index contributed by atoms with van der Waals surface area (Å²) in [4.78, 5) is 23.0. The van der Waals surface area contributed by atoms with Gasteiger partial charge in [-0.25, -0.2) is 4.79 Å². The van der Waals surface area contributed by atoms with Crippen LogP contribution in [-0.2, 0) is 9.59 Å². The van der Waals surface area contributed by atoms with E-state index >= 15 is 0 Å². The van der Waals surface area contributed by atoms with Crippen LogP contribution in [0.3, 0.4) is 0 Å². The van der Waals surface area contributed by atoms with E-state index in [2.05, 4.69) is 6.58 Å². The predicted molar refractivity (Wildman–Crippen MR) is 67.7 cm³/mol. The molecular weight excluding hydrogens is 218 g/mol. The Morgan fingerprint density at radius 3 is 2.06 bits per heavy atom. The molecule has 0 aliphatic rings. The third-order valence-electron chi connectivity index (χ3n) is 3.64. The number of Topliss-reactive ketones (excluding diaryl/α,β-unsaturated/α-hetero) is 1. The summed E-state index contributed by atoms with van der Waals surface area (Å²) in [5.74, 6) is -1.09. The molecule has 1 atom stereocenters. The van der Waals surface area contributed by atoms with Gasteiger partial charge in [0.2, 0.25) is 0 Å². The van der Waals surface area contributed by atoms with Gasteiger partial charge in [0.15, 0.2) is 11.3 Å². The molecule has 0 saturated carbocycles. The number of carbonyl (C=O) groups excluding carboxylic acids is 1. The fourth-order valence-electron chi connectivity index (χ4n) is 1.68. The van der Waals surface area contributed by atoms with Crippen molar-refractivity contribution in [1.82, 2.24) is 0 Å². The van der Waals surface area contributed by atoms with Gasteiger partial charge in [0.25, 0.3) is 0 Å². The van der Waals surface area contributed by atoms with E-state index in [4.69, 9.17) is 0 Å². The average molecular weight is 242 g/mol. The molecule has 0 heterocycles. The summed E-state index contributed by atoms with van der Waals surface area (Å²) < 4.78 is 0.252. The molecule has 98 valence electrons. The first-order chi connectivity index (χ1) is 7.43. The monoisotopic (exact) mass is 242 g/mol. The topological polar surface area (TPSA) is 54.4 Å². The van der Waals surface area contributed by atoms with E-state index < -0.39 is 11.5 Å². The highest BCUT2D eigenvalue weighted by Crippen LogP contribution is 2.23. The third-order valence-corrected chi connectivity index (χ3v) is 3.64. The molecule has 1 N–H and O–H groups in total. The van der Waals surface area contributed by atoms with Crippen molar-refractivity contribution in [3.63, 3.8) is 0 Å². The van der Waals surface area contributed by atoms with E-state index in [1.54, 1.807) is 20.8 Å². The highest BCUT2D eigenvalue weighted by atomic mass is 16.4. The molecule has 0 aromatic rings. The summed E-state index contributed by atoms with van der Waals surface area (Å²) in [6, 6.07) is 0. The van der Waals surface area contributed by atoms with E-state index in [0.29, 0.717) is 12.1 Å². The molecule has 0 rings (SSSR count). The summed E-state index contributed by atoms with van der Waals surface area (Å²) in [5, 5.41) is 9.22. The maximum Gasteiger partial charge on any atom is 0.365 e. The number of carboxylic acid groups (broad SMARTS) is 1. The van der Waals surface area contributed by atoms with E-state index in [-0.39, 0.29) is 16.2 Å². The zero-order chi connectivity index (χ0) is 14.0. The van der Waals surface area contributed by atoms with Crippen LogP contribution in [0.1, 0.15) is 27.7 Å². The number of carbonyl (C=O) groups is 2. The number of nitrogens with zero attached hydrogens (tertiary/aromatic N) is 1. The summed E-state index contributed by atoms with van der Waals surface area (Å²) in [6.45, 7) is 11.0. The lowest BCUT2D eigenvalue weighted by Crippen LogP contribution is -2.62. The summed E-state index contributed by atoms with van der Waals surface area (Å²) >= 11 is 0. The molecule has 0 spiro atoms. The number of allylic oxidation sites excluding steroid dienone is 1. The fraction of sp³-hybridized carbons (Fsp3) is 0.692. The molecule has 4 heteroatoms. The Morgan fingerprint density at radius 2 is 1.76 bits per heavy atom. The Bertz CT molecular complexity index is 343. The Hall–Kier alpha value is -1.16. The van der Waals surface area contributed by atoms with Crippen molar-refractivity contribution in [1.29, 1.82) is 0 Å². The number of carboxylic acids is 1. The van der Waals surface area contributed by atoms with Gasteiger partial charge in [-0.2, -0.15) is 0 Å². The number of quaternary nitrogens is 1. The summed E-state index contributed by atoms with van der Waals surface area (Å²) in [5.41, 5.74) is -0.408. The zero-order valence-corrected chi connectivity index (χ0v) is 11.7. The number of hydrogen-bond donors (Lipinski definition) is 1. The fourth-order valence-corrected chi connectivity index (χ4v) is 1.68. The summed E-state index contributed by atoms with van der Waals surface area (Å²) in [7, 11) is 3.66. The molecule has 0 bridgehead atoms. The van der Waals surface area contributed by atoms with Crippen LogP contribution in [0.15, 0.2) is 12.2 Å². The van der Waals surface area contributed by atoms with Crippen LogP contribution in [-0.4, -0.2) is 47.5 Å². The molecule has 0 aliphatic heterocycles. The minimum absolute atomic E-state index is 0.00242. The SMILES string of the molecule is C=C(C)C(=O)C(C)C[N+](C)(C)C(C)(C)C(=O)O. The second-order valence-corrected chi connectivity index (χ2v) is 5.78. The van der Waals surface area contributed by atoms with Gasteiger partial charge in [-0.1, -0.05) is 6.58 Å². The van der Waals surface area contributed by atoms with Gasteiger partial charge in [0, 0.05) is 13.8 Å². The van der Waals surface area contributed by atoms with Crippen molar-refractivity contribution in [2.75, 3.05) is 20.6 Å². The van der Waals surface area contributed by atoms with Crippen LogP contribution in [0.2, 0.25) is 0 Å². The van der Waals surface area contributed by atoms with Gasteiger partial charge in [0.1, 0.15) is 0 Å². The van der Waals surface area contributed by atoms with Crippen molar-refractivity contribution < 1.29 is 19.2 Å². The molecule has 0 fully saturated rings. The number of rotatable bonds is 6. The minimum Gasteiger partial charge on any atom is -0.477 e. The largest absolute Gasteiger partial charge is 0.477 e. The molecule has 0 radical (unpaired) electrons. The van der Waals surface area contributed by atoms with Gasteiger partial charge >= 0.3 is 5.97 Å². The van der Waals surface area contributed by atoms with Gasteiger partial charge in [-0.3, -0.25) is 4.79 Å². The second-order valence-electron chi connectivity index (χ2n) is 5.78. The lowest BCUT2D eigenvalue weighted by molar-refractivity contribution is -0.930. The van der Waals surface area contributed by atoms with E-state index in [9.17, 15) is 14.7 Å². The molecular formula is C13H24NO3+. The van der Waals surface area contributed by atoms with Crippen molar-refractivity contribution in [2.45, 2.75) is 33.2 Å². The van der Waals surface area contributed by atoms with Crippen LogP contribution in [0.5, 0.6) is 0 Å². The molecule has 4 nitrogen and oxygen atoms in total. The number of aliphatic carboxylic acids is 1. The average Bonchev–Trinajstić information content (AvgIpc) is 2.14. The molecule has 0 aromatic heterocycles. The number of ketones is 1. The first kappa shape index (κ1) is 15.8. The van der Waals surface area contributed by atoms with Crippen LogP contribution >= 0.6 is 0 Å². The number of likely N-dealkylation sites (N-methyl/N-ethyl adjacent to an activating group) is 1. The quantitative estimate of drug-likeness (QED) is 0.570. The molecule has 0 saturated heterocycles. The highest BCUT2D eigenvalue weighted by molar-refractivity contribution is 5.95. The minimum atomic E-state index is -0.927. The lowest BCUT2D eigenvalue weighted by atomic mass is 9.94. The van der Waals surface area contributed by atoms with Crippen molar-refractivity contribution in [3.05, 3.63) is 12.2 Å². The van der Waals surface area contributed by atoms with Crippen molar-refractivity contribution >= 4 is 11.8 Å². The van der Waals surface area contributed by atoms with Crippen molar-refractivity contribution in [2.24, 2.45) is 5.92 Å². The smallest absolute Gasteiger partial charge is 0.365 e. The maximum absolute atomic E-state index is 11.8. The van der Waals surface area contributed by atoms with Gasteiger partial charge < -0.3 is 9.59 Å². The molecule has 1 unspecified atom stereocenters. The van der Waals surface area contributed by atoms with Crippen LogP contribution in [0.25, 0.3) is 0 Å². The van der Waals surface area contributed by atoms with Gasteiger partial charge in [-0.05, 0) is 19.4 Å². The van der Waals surface area contributed by atoms with E-state index in [1.165, 1.54) is 0 Å². The van der Waals surface area contributed by atoms with Crippen molar-refractivity contribution in [3.8, 4) is 0 Å². The zero-order valence-electron chi connectivity index (χ0n) is 11.7. The Balaban J connectivity index is 4.94. The standard InChI is InChI=1S/C13H23NO3/c1-9(2)11(15)10(3)8-14(6,7)13(4,5)12(16)17/h10H,1,8H2,2-7H3/p+1. The van der Waals surface area contributed by atoms with E-state index in [0.717, 1.165) is 0 Å². The van der Waals surface area contributed by atoms with Crippen LogP contribution in [0, 0.1) is 5.92 Å². The molecule has 0 aliphatic carbocycles. The third kappa shape index (κ3) is 3.40. The van der Waals surface area contributed by atoms with E-state index in [1.807, 2.05) is 21.0 Å². The van der Waals surface area contributed by atoms with Gasteiger partial charge in [-0.15, -0.1) is 0 Å². The predicted octanol–water partition coefficient (Wildman–Crippen LogP) is 1.71. The second kappa shape index (κ2) is 5.00. The first-order valence-corrected chi connectivity index (χ1v) is 5.69. The molecule has 0 amide bonds. The Labute approximate surface area is 104 Å². The normalized spacial score (nSPS) is 14.2. The number of hydrogen-bond acceptors (Lipinski definition) is 2. The molecule has 0 aromatic carbocycles. The Morgan fingerprint density at radius 1 is 1.35 bits per heavy atom. The Kier molecular flexibility index (Phi) is 4.66. The first-order valence-electron chi connectivity index (χ1n) is 5.69. The highest BCUT2D eigenvalue weighted by Gasteiger charge is 2.45. The maximum atomic E-state index is 11.8. The lowest BCUT2D eigenvalue weighted by Gasteiger charge is -2.42. The van der Waals surface area contributed by atoms with Gasteiger partial charge in [0.05, 0.1) is 26.6 Å². The van der Waals surface area contributed by atoms with Crippen LogP contribution in [0.4, 0.5) is 0 Å². The van der Waals surface area contributed by atoms with Crippen LogP contribution < -0.4 is 0 Å².